The van der Waals surface area contributed by atoms with Crippen molar-refractivity contribution in [2.45, 2.75) is 31.4 Å². The normalized spacial score (nSPS) is 20.3. The standard InChI is InChI=1S/C16H19FN4O/c17-16(11-20-15(22)12-1-2-12)5-7-21(8-6-16)14-4-3-13(9-18)19-10-14/h3-4,10,12H,1-2,5-8,11H2,(H,20,22). The minimum Gasteiger partial charge on any atom is -0.370 e. The molecule has 0 atom stereocenters. The molecule has 0 radical (unpaired) electrons. The van der Waals surface area contributed by atoms with Crippen molar-refractivity contribution in [3.05, 3.63) is 24.0 Å². The Labute approximate surface area is 129 Å². The summed E-state index contributed by atoms with van der Waals surface area (Å²) in [6.45, 7) is 1.29. The molecule has 2 heterocycles. The molecule has 1 amide bonds. The van der Waals surface area contributed by atoms with Crippen LogP contribution >= 0.6 is 0 Å². The lowest BCUT2D eigenvalue weighted by Gasteiger charge is -2.37. The van der Waals surface area contributed by atoms with E-state index in [9.17, 15) is 9.18 Å². The van der Waals surface area contributed by atoms with Crippen LogP contribution in [0.5, 0.6) is 0 Å². The second kappa shape index (κ2) is 5.91. The van der Waals surface area contributed by atoms with Crippen LogP contribution in [-0.2, 0) is 4.79 Å². The monoisotopic (exact) mass is 302 g/mol. The average molecular weight is 302 g/mol. The number of anilines is 1. The lowest BCUT2D eigenvalue weighted by Crippen LogP contribution is -2.48. The maximum atomic E-state index is 14.7. The molecule has 1 aromatic heterocycles. The number of nitrogens with zero attached hydrogens (tertiary/aromatic N) is 3. The van der Waals surface area contributed by atoms with Gasteiger partial charge in [0, 0.05) is 31.8 Å². The number of amides is 1. The molecule has 1 saturated carbocycles. The number of aromatic nitrogens is 1. The summed E-state index contributed by atoms with van der Waals surface area (Å²) in [6, 6.07) is 5.49. The number of alkyl halides is 1. The van der Waals surface area contributed by atoms with E-state index in [1.165, 1.54) is 0 Å². The third-order valence-corrected chi connectivity index (χ3v) is 4.41. The van der Waals surface area contributed by atoms with Crippen molar-refractivity contribution in [2.75, 3.05) is 24.5 Å². The van der Waals surface area contributed by atoms with Gasteiger partial charge in [0.2, 0.25) is 5.91 Å². The van der Waals surface area contributed by atoms with Gasteiger partial charge >= 0.3 is 0 Å². The zero-order chi connectivity index (χ0) is 15.6. The first-order chi connectivity index (χ1) is 10.6. The lowest BCUT2D eigenvalue weighted by atomic mass is 9.93. The van der Waals surface area contributed by atoms with Crippen molar-refractivity contribution in [3.63, 3.8) is 0 Å². The molecule has 1 aliphatic carbocycles. The van der Waals surface area contributed by atoms with Crippen LogP contribution in [0.15, 0.2) is 18.3 Å². The fourth-order valence-corrected chi connectivity index (χ4v) is 2.72. The summed E-state index contributed by atoms with van der Waals surface area (Å²) in [5.74, 6) is 0.115. The SMILES string of the molecule is N#Cc1ccc(N2CCC(F)(CNC(=O)C3CC3)CC2)cn1. The van der Waals surface area contributed by atoms with E-state index in [0.717, 1.165) is 18.5 Å². The molecule has 116 valence electrons. The van der Waals surface area contributed by atoms with Crippen LogP contribution in [0, 0.1) is 17.2 Å². The van der Waals surface area contributed by atoms with Crippen LogP contribution in [0.1, 0.15) is 31.4 Å². The summed E-state index contributed by atoms with van der Waals surface area (Å²) in [5, 5.41) is 11.5. The number of rotatable bonds is 4. The first kappa shape index (κ1) is 14.8. The fourth-order valence-electron chi connectivity index (χ4n) is 2.72. The predicted octanol–water partition coefficient (Wildman–Crippen LogP) is 1.79. The number of nitriles is 1. The van der Waals surface area contributed by atoms with Crippen LogP contribution in [0.3, 0.4) is 0 Å². The molecule has 0 spiro atoms. The number of nitrogens with one attached hydrogen (secondary N) is 1. The van der Waals surface area contributed by atoms with Gasteiger partial charge in [0.25, 0.3) is 0 Å². The molecule has 1 aromatic rings. The minimum atomic E-state index is -1.32. The molecule has 22 heavy (non-hydrogen) atoms. The highest BCUT2D eigenvalue weighted by molar-refractivity contribution is 5.80. The molecule has 2 aliphatic rings. The molecule has 0 bridgehead atoms. The van der Waals surface area contributed by atoms with E-state index in [1.54, 1.807) is 12.3 Å². The van der Waals surface area contributed by atoms with E-state index in [-0.39, 0.29) is 18.4 Å². The van der Waals surface area contributed by atoms with Crippen molar-refractivity contribution < 1.29 is 9.18 Å². The Morgan fingerprint density at radius 2 is 2.18 bits per heavy atom. The highest BCUT2D eigenvalue weighted by Crippen LogP contribution is 2.31. The number of hydrogen-bond donors (Lipinski definition) is 1. The molecule has 6 heteroatoms. The number of halogens is 1. The largest absolute Gasteiger partial charge is 0.370 e. The second-order valence-corrected chi connectivity index (χ2v) is 6.14. The minimum absolute atomic E-state index is 0.00394. The summed E-state index contributed by atoms with van der Waals surface area (Å²) in [4.78, 5) is 17.7. The summed E-state index contributed by atoms with van der Waals surface area (Å²) < 4.78 is 14.7. The van der Waals surface area contributed by atoms with E-state index in [2.05, 4.69) is 15.2 Å². The maximum Gasteiger partial charge on any atom is 0.223 e. The third-order valence-electron chi connectivity index (χ3n) is 4.41. The Morgan fingerprint density at radius 3 is 2.73 bits per heavy atom. The molecule has 5 nitrogen and oxygen atoms in total. The first-order valence-electron chi connectivity index (χ1n) is 7.67. The van der Waals surface area contributed by atoms with E-state index in [0.29, 0.717) is 31.6 Å². The van der Waals surface area contributed by atoms with E-state index in [1.807, 2.05) is 12.1 Å². The Bertz CT molecular complexity index is 583. The molecule has 1 aliphatic heterocycles. The molecule has 0 unspecified atom stereocenters. The zero-order valence-electron chi connectivity index (χ0n) is 12.4. The number of carbonyl (C=O) groups is 1. The first-order valence-corrected chi connectivity index (χ1v) is 7.67. The summed E-state index contributed by atoms with van der Waals surface area (Å²) >= 11 is 0. The van der Waals surface area contributed by atoms with Crippen LogP contribution in [0.4, 0.5) is 10.1 Å². The Balaban J connectivity index is 1.52. The highest BCUT2D eigenvalue weighted by atomic mass is 19.1. The number of pyridine rings is 1. The molecule has 1 N–H and O–H groups in total. The summed E-state index contributed by atoms with van der Waals surface area (Å²) in [6.07, 6.45) is 4.30. The summed E-state index contributed by atoms with van der Waals surface area (Å²) in [7, 11) is 0. The van der Waals surface area contributed by atoms with Gasteiger partial charge in [0.1, 0.15) is 17.4 Å². The van der Waals surface area contributed by atoms with Crippen LogP contribution in [0.2, 0.25) is 0 Å². The second-order valence-electron chi connectivity index (χ2n) is 6.14. The van der Waals surface area contributed by atoms with Gasteiger partial charge in [0.15, 0.2) is 0 Å². The molecule has 3 rings (SSSR count). The molecular weight excluding hydrogens is 283 g/mol. The van der Waals surface area contributed by atoms with Crippen LogP contribution in [-0.4, -0.2) is 36.2 Å². The van der Waals surface area contributed by atoms with E-state index < -0.39 is 5.67 Å². The van der Waals surface area contributed by atoms with Gasteiger partial charge in [-0.3, -0.25) is 4.79 Å². The fraction of sp³-hybridized carbons (Fsp3) is 0.562. The number of piperidine rings is 1. The van der Waals surface area contributed by atoms with Gasteiger partial charge in [-0.1, -0.05) is 0 Å². The topological polar surface area (TPSA) is 69.0 Å². The van der Waals surface area contributed by atoms with Crippen LogP contribution < -0.4 is 10.2 Å². The van der Waals surface area contributed by atoms with Gasteiger partial charge in [-0.05, 0) is 25.0 Å². The van der Waals surface area contributed by atoms with Crippen molar-refractivity contribution in [1.29, 1.82) is 5.26 Å². The average Bonchev–Trinajstić information content (AvgIpc) is 3.39. The van der Waals surface area contributed by atoms with Crippen molar-refractivity contribution in [1.82, 2.24) is 10.3 Å². The van der Waals surface area contributed by atoms with E-state index in [4.69, 9.17) is 5.26 Å². The molecule has 2 fully saturated rings. The Morgan fingerprint density at radius 1 is 1.45 bits per heavy atom. The van der Waals surface area contributed by atoms with Gasteiger partial charge in [-0.25, -0.2) is 9.37 Å². The number of hydrogen-bond acceptors (Lipinski definition) is 4. The van der Waals surface area contributed by atoms with Crippen LogP contribution in [0.25, 0.3) is 0 Å². The Hall–Kier alpha value is -2.16. The van der Waals surface area contributed by atoms with Gasteiger partial charge in [-0.2, -0.15) is 5.26 Å². The molecular formula is C16H19FN4O. The lowest BCUT2D eigenvalue weighted by molar-refractivity contribution is -0.123. The quantitative estimate of drug-likeness (QED) is 0.920. The van der Waals surface area contributed by atoms with Crippen molar-refractivity contribution >= 4 is 11.6 Å². The summed E-state index contributed by atoms with van der Waals surface area (Å²) in [5.41, 5.74) is -0.0346. The van der Waals surface area contributed by atoms with E-state index >= 15 is 0 Å². The predicted molar refractivity (Wildman–Crippen MR) is 80.0 cm³/mol. The Kier molecular flexibility index (Phi) is 3.97. The van der Waals surface area contributed by atoms with Gasteiger partial charge < -0.3 is 10.2 Å². The third kappa shape index (κ3) is 3.35. The zero-order valence-corrected chi connectivity index (χ0v) is 12.4. The van der Waals surface area contributed by atoms with Gasteiger partial charge in [-0.15, -0.1) is 0 Å². The maximum absolute atomic E-state index is 14.7. The molecule has 1 saturated heterocycles. The van der Waals surface area contributed by atoms with Gasteiger partial charge in [0.05, 0.1) is 18.4 Å². The smallest absolute Gasteiger partial charge is 0.223 e. The highest BCUT2D eigenvalue weighted by Gasteiger charge is 2.37. The van der Waals surface area contributed by atoms with Crippen molar-refractivity contribution in [2.24, 2.45) is 5.92 Å². The molecule has 0 aromatic carbocycles. The number of carbonyl (C=O) groups excluding carboxylic acids is 1. The van der Waals surface area contributed by atoms with Crippen molar-refractivity contribution in [3.8, 4) is 6.07 Å².